The molecular weight excluding hydrogens is 376 g/mol. The summed E-state index contributed by atoms with van der Waals surface area (Å²) in [6, 6.07) is 5.11. The molecule has 134 valence electrons. The van der Waals surface area contributed by atoms with E-state index in [1.165, 1.54) is 9.13 Å². The van der Waals surface area contributed by atoms with Crippen molar-refractivity contribution in [1.29, 1.82) is 0 Å². The molecule has 0 saturated heterocycles. The molecule has 0 atom stereocenters. The molecule has 1 aliphatic rings. The molecule has 1 amide bonds. The van der Waals surface area contributed by atoms with Crippen molar-refractivity contribution < 1.29 is 4.79 Å². The predicted molar refractivity (Wildman–Crippen MR) is 101 cm³/mol. The molecule has 7 nitrogen and oxygen atoms in total. The summed E-state index contributed by atoms with van der Waals surface area (Å²) in [5.41, 5.74) is 1.22. The highest BCUT2D eigenvalue weighted by Crippen LogP contribution is 2.32. The molecule has 0 bridgehead atoms. The number of carbonyl (C=O) groups is 1. The van der Waals surface area contributed by atoms with Gasteiger partial charge in [-0.3, -0.25) is 18.7 Å². The van der Waals surface area contributed by atoms with Gasteiger partial charge in [0.1, 0.15) is 6.54 Å². The topological polar surface area (TPSA) is 86.0 Å². The molecule has 0 aliphatic heterocycles. The number of carbonyl (C=O) groups excluding carboxylic acids is 1. The van der Waals surface area contributed by atoms with E-state index in [-0.39, 0.29) is 29.6 Å². The van der Waals surface area contributed by atoms with E-state index in [9.17, 15) is 14.4 Å². The molecule has 1 saturated carbocycles. The number of anilines is 1. The van der Waals surface area contributed by atoms with Crippen LogP contribution in [0.4, 0.5) is 5.69 Å². The minimum absolute atomic E-state index is 0.0914. The fraction of sp³-hybridized carbons (Fsp3) is 0.294. The number of rotatable bonds is 4. The molecule has 26 heavy (non-hydrogen) atoms. The van der Waals surface area contributed by atoms with Gasteiger partial charge in [0, 0.05) is 22.1 Å². The molecule has 1 N–H and O–H groups in total. The standard InChI is InChI=1S/C17H15ClN4O3S/c1-9-2-3-10(6-12(9)18)19-14(23)7-21-13-8-26-20-15(13)16(24)22(17(21)25)11-4-5-11/h2-3,6,8,11H,4-5,7H2,1H3,(H,19,23). The number of aryl methyl sites for hydroxylation is 1. The molecule has 9 heteroatoms. The SMILES string of the molecule is Cc1ccc(NC(=O)Cn2c(=O)n(C3CC3)c(=O)c3nscc32)cc1Cl. The quantitative estimate of drug-likeness (QED) is 0.741. The molecule has 0 spiro atoms. The number of halogens is 1. The zero-order valence-electron chi connectivity index (χ0n) is 13.9. The van der Waals surface area contributed by atoms with Gasteiger partial charge in [0.15, 0.2) is 5.52 Å². The van der Waals surface area contributed by atoms with Crippen LogP contribution in [-0.4, -0.2) is 19.4 Å². The van der Waals surface area contributed by atoms with Crippen LogP contribution in [0.5, 0.6) is 0 Å². The average molecular weight is 391 g/mol. The van der Waals surface area contributed by atoms with Crippen molar-refractivity contribution in [2.24, 2.45) is 0 Å². The van der Waals surface area contributed by atoms with Crippen LogP contribution in [0.25, 0.3) is 11.0 Å². The second kappa shape index (κ2) is 6.37. The maximum atomic E-state index is 12.8. The van der Waals surface area contributed by atoms with Crippen molar-refractivity contribution in [3.63, 3.8) is 0 Å². The van der Waals surface area contributed by atoms with E-state index in [0.717, 1.165) is 29.9 Å². The predicted octanol–water partition coefficient (Wildman–Crippen LogP) is 2.56. The second-order valence-electron chi connectivity index (χ2n) is 6.34. The van der Waals surface area contributed by atoms with Crippen LogP contribution in [-0.2, 0) is 11.3 Å². The Balaban J connectivity index is 1.69. The number of aromatic nitrogens is 3. The van der Waals surface area contributed by atoms with E-state index in [1.807, 2.05) is 6.92 Å². The highest BCUT2D eigenvalue weighted by atomic mass is 35.5. The molecule has 1 aliphatic carbocycles. The highest BCUT2D eigenvalue weighted by molar-refractivity contribution is 7.04. The summed E-state index contributed by atoms with van der Waals surface area (Å²) in [5.74, 6) is -0.375. The van der Waals surface area contributed by atoms with Crippen LogP contribution in [0.3, 0.4) is 0 Å². The highest BCUT2D eigenvalue weighted by Gasteiger charge is 2.29. The van der Waals surface area contributed by atoms with Gasteiger partial charge in [0.25, 0.3) is 5.56 Å². The molecule has 0 unspecified atom stereocenters. The molecule has 1 fully saturated rings. The third-order valence-electron chi connectivity index (χ3n) is 4.37. The minimum Gasteiger partial charge on any atom is -0.324 e. The van der Waals surface area contributed by atoms with E-state index in [1.54, 1.807) is 23.6 Å². The molecule has 1 aromatic carbocycles. The summed E-state index contributed by atoms with van der Waals surface area (Å²) < 4.78 is 6.63. The van der Waals surface area contributed by atoms with Crippen LogP contribution in [0, 0.1) is 6.92 Å². The van der Waals surface area contributed by atoms with Crippen LogP contribution in [0.15, 0.2) is 33.2 Å². The number of hydrogen-bond acceptors (Lipinski definition) is 5. The normalized spacial score (nSPS) is 13.9. The van der Waals surface area contributed by atoms with Crippen molar-refractivity contribution in [3.05, 3.63) is 55.0 Å². The van der Waals surface area contributed by atoms with Crippen molar-refractivity contribution in [1.82, 2.24) is 13.5 Å². The first-order valence-corrected chi connectivity index (χ1v) is 9.32. The van der Waals surface area contributed by atoms with Gasteiger partial charge in [0.05, 0.1) is 5.52 Å². The number of benzene rings is 1. The summed E-state index contributed by atoms with van der Waals surface area (Å²) in [6.45, 7) is 1.67. The van der Waals surface area contributed by atoms with Crippen LogP contribution < -0.4 is 16.6 Å². The fourth-order valence-electron chi connectivity index (χ4n) is 2.83. The van der Waals surface area contributed by atoms with Crippen LogP contribution in [0.1, 0.15) is 24.4 Å². The number of amides is 1. The number of nitrogens with zero attached hydrogens (tertiary/aromatic N) is 3. The van der Waals surface area contributed by atoms with E-state index in [0.29, 0.717) is 16.2 Å². The lowest BCUT2D eigenvalue weighted by Crippen LogP contribution is -2.41. The van der Waals surface area contributed by atoms with Gasteiger partial charge < -0.3 is 5.32 Å². The van der Waals surface area contributed by atoms with Crippen molar-refractivity contribution >= 4 is 45.8 Å². The molecule has 2 aromatic heterocycles. The van der Waals surface area contributed by atoms with Crippen LogP contribution >= 0.6 is 23.1 Å². The minimum atomic E-state index is -0.470. The van der Waals surface area contributed by atoms with E-state index < -0.39 is 5.69 Å². The molecule has 2 heterocycles. The second-order valence-corrected chi connectivity index (χ2v) is 7.37. The van der Waals surface area contributed by atoms with Crippen molar-refractivity contribution in [2.45, 2.75) is 32.4 Å². The van der Waals surface area contributed by atoms with Gasteiger partial charge in [-0.05, 0) is 49.0 Å². The maximum Gasteiger partial charge on any atom is 0.332 e. The summed E-state index contributed by atoms with van der Waals surface area (Å²) >= 11 is 7.17. The fourth-order valence-corrected chi connectivity index (χ4v) is 3.68. The van der Waals surface area contributed by atoms with Gasteiger partial charge in [-0.25, -0.2) is 4.79 Å². The van der Waals surface area contributed by atoms with Crippen LogP contribution in [0.2, 0.25) is 5.02 Å². The Morgan fingerprint density at radius 1 is 1.38 bits per heavy atom. The van der Waals surface area contributed by atoms with Gasteiger partial charge in [-0.2, -0.15) is 4.37 Å². The number of nitrogens with one attached hydrogen (secondary N) is 1. The summed E-state index contributed by atoms with van der Waals surface area (Å²) in [5, 5.41) is 4.90. The monoisotopic (exact) mass is 390 g/mol. The van der Waals surface area contributed by atoms with Crippen molar-refractivity contribution in [2.75, 3.05) is 5.32 Å². The Kier molecular flexibility index (Phi) is 4.16. The van der Waals surface area contributed by atoms with E-state index in [4.69, 9.17) is 11.6 Å². The molecule has 0 radical (unpaired) electrons. The van der Waals surface area contributed by atoms with Gasteiger partial charge in [0.2, 0.25) is 5.91 Å². The van der Waals surface area contributed by atoms with Gasteiger partial charge in [-0.15, -0.1) is 0 Å². The Labute approximate surface area is 157 Å². The Hall–Kier alpha value is -2.45. The average Bonchev–Trinajstić information content (AvgIpc) is 3.30. The number of hydrogen-bond donors (Lipinski definition) is 1. The molecule has 3 aromatic rings. The largest absolute Gasteiger partial charge is 0.332 e. The first kappa shape index (κ1) is 17.0. The lowest BCUT2D eigenvalue weighted by atomic mass is 10.2. The van der Waals surface area contributed by atoms with Gasteiger partial charge >= 0.3 is 5.69 Å². The number of fused-ring (bicyclic) bond motifs is 1. The zero-order chi connectivity index (χ0) is 18.4. The lowest BCUT2D eigenvalue weighted by molar-refractivity contribution is -0.116. The molecular formula is C17H15ClN4O3S. The van der Waals surface area contributed by atoms with E-state index >= 15 is 0 Å². The summed E-state index contributed by atoms with van der Waals surface area (Å²) in [4.78, 5) is 37.7. The van der Waals surface area contributed by atoms with E-state index in [2.05, 4.69) is 9.69 Å². The van der Waals surface area contributed by atoms with Gasteiger partial charge in [-0.1, -0.05) is 17.7 Å². The smallest absolute Gasteiger partial charge is 0.324 e. The summed E-state index contributed by atoms with van der Waals surface area (Å²) in [7, 11) is 0. The Morgan fingerprint density at radius 3 is 2.85 bits per heavy atom. The third kappa shape index (κ3) is 2.95. The molecule has 4 rings (SSSR count). The summed E-state index contributed by atoms with van der Waals surface area (Å²) in [6.07, 6.45) is 1.58. The van der Waals surface area contributed by atoms with Crippen molar-refractivity contribution in [3.8, 4) is 0 Å². The first-order valence-electron chi connectivity index (χ1n) is 8.11. The first-order chi connectivity index (χ1) is 12.5. The third-order valence-corrected chi connectivity index (χ3v) is 5.39. The Bertz CT molecular complexity index is 1140. The zero-order valence-corrected chi connectivity index (χ0v) is 15.4. The maximum absolute atomic E-state index is 12.8. The lowest BCUT2D eigenvalue weighted by Gasteiger charge is -2.12. The Morgan fingerprint density at radius 2 is 2.15 bits per heavy atom.